The molecule has 0 saturated heterocycles. The van der Waals surface area contributed by atoms with E-state index in [1.54, 1.807) is 0 Å². The van der Waals surface area contributed by atoms with Gasteiger partial charge in [0.25, 0.3) is 0 Å². The van der Waals surface area contributed by atoms with Crippen molar-refractivity contribution < 1.29 is 0 Å². The Morgan fingerprint density at radius 1 is 0.545 bits per heavy atom. The van der Waals surface area contributed by atoms with Gasteiger partial charge in [-0.05, 0) is 36.0 Å². The van der Waals surface area contributed by atoms with Gasteiger partial charge in [-0.3, -0.25) is 0 Å². The van der Waals surface area contributed by atoms with E-state index in [-0.39, 0.29) is 0 Å². The summed E-state index contributed by atoms with van der Waals surface area (Å²) in [6.07, 6.45) is 12.0. The zero-order chi connectivity index (χ0) is 15.5. The second-order valence-corrected chi connectivity index (χ2v) is 6.35. The molecule has 0 spiro atoms. The molecular weight excluding hydrogens is 264 g/mol. The summed E-state index contributed by atoms with van der Waals surface area (Å²) in [6.45, 7) is 2.28. The summed E-state index contributed by atoms with van der Waals surface area (Å²) in [7, 11) is 0. The molecule has 0 aliphatic rings. The first-order valence-electron chi connectivity index (χ1n) is 9.00. The van der Waals surface area contributed by atoms with Crippen LogP contribution < -0.4 is 0 Å². The summed E-state index contributed by atoms with van der Waals surface area (Å²) in [4.78, 5) is 0. The largest absolute Gasteiger partial charge is 0.0654 e. The number of aryl methyl sites for hydroxylation is 1. The van der Waals surface area contributed by atoms with Crippen molar-refractivity contribution in [3.8, 4) is 0 Å². The van der Waals surface area contributed by atoms with Gasteiger partial charge in [-0.25, -0.2) is 0 Å². The molecule has 0 radical (unpaired) electrons. The first-order chi connectivity index (χ1) is 10.9. The highest BCUT2D eigenvalue weighted by atomic mass is 14.0. The Kier molecular flexibility index (Phi) is 7.80. The van der Waals surface area contributed by atoms with E-state index in [0.717, 1.165) is 6.42 Å². The molecule has 118 valence electrons. The van der Waals surface area contributed by atoms with Gasteiger partial charge >= 0.3 is 0 Å². The Morgan fingerprint density at radius 3 is 1.77 bits per heavy atom. The van der Waals surface area contributed by atoms with Crippen molar-refractivity contribution in [2.75, 3.05) is 0 Å². The molecule has 0 aliphatic heterocycles. The summed E-state index contributed by atoms with van der Waals surface area (Å²) < 4.78 is 0. The third kappa shape index (κ3) is 6.47. The van der Waals surface area contributed by atoms with Crippen LogP contribution in [-0.2, 0) is 12.8 Å². The maximum absolute atomic E-state index is 2.31. The summed E-state index contributed by atoms with van der Waals surface area (Å²) in [5, 5.41) is 0. The normalized spacial score (nSPS) is 10.8. The highest BCUT2D eigenvalue weighted by Crippen LogP contribution is 2.14. The molecule has 22 heavy (non-hydrogen) atoms. The molecule has 0 bridgehead atoms. The molecule has 0 saturated carbocycles. The molecule has 0 amide bonds. The lowest BCUT2D eigenvalue weighted by atomic mass is 10.0. The second kappa shape index (κ2) is 10.2. The topological polar surface area (TPSA) is 0 Å². The average Bonchev–Trinajstić information content (AvgIpc) is 2.56. The molecular formula is C22H30. The zero-order valence-electron chi connectivity index (χ0n) is 14.1. The van der Waals surface area contributed by atoms with Crippen LogP contribution in [-0.4, -0.2) is 0 Å². The van der Waals surface area contributed by atoms with Crippen LogP contribution in [0.2, 0.25) is 0 Å². The van der Waals surface area contributed by atoms with Crippen molar-refractivity contribution >= 4 is 0 Å². The second-order valence-electron chi connectivity index (χ2n) is 6.35. The minimum atomic E-state index is 1.04. The minimum absolute atomic E-state index is 1.04. The van der Waals surface area contributed by atoms with E-state index in [0.29, 0.717) is 0 Å². The Labute approximate surface area is 136 Å². The van der Waals surface area contributed by atoms with Crippen molar-refractivity contribution in [1.29, 1.82) is 0 Å². The van der Waals surface area contributed by atoms with E-state index in [1.165, 1.54) is 68.1 Å². The maximum atomic E-state index is 2.31. The Hall–Kier alpha value is -1.56. The highest BCUT2D eigenvalue weighted by Gasteiger charge is 1.98. The molecule has 0 unspecified atom stereocenters. The van der Waals surface area contributed by atoms with Gasteiger partial charge in [0.05, 0.1) is 0 Å². The van der Waals surface area contributed by atoms with Crippen LogP contribution in [0.25, 0.3) is 0 Å². The molecule has 0 heteroatoms. The van der Waals surface area contributed by atoms with Gasteiger partial charge < -0.3 is 0 Å². The van der Waals surface area contributed by atoms with Gasteiger partial charge in [-0.1, -0.05) is 100 Å². The van der Waals surface area contributed by atoms with Gasteiger partial charge in [-0.15, -0.1) is 0 Å². The minimum Gasteiger partial charge on any atom is -0.0654 e. The fourth-order valence-electron chi connectivity index (χ4n) is 2.94. The lowest BCUT2D eigenvalue weighted by molar-refractivity contribution is 0.589. The number of hydrogen-bond donors (Lipinski definition) is 0. The van der Waals surface area contributed by atoms with Crippen molar-refractivity contribution in [3.63, 3.8) is 0 Å². The molecule has 0 aliphatic carbocycles. The van der Waals surface area contributed by atoms with Gasteiger partial charge in [0.2, 0.25) is 0 Å². The van der Waals surface area contributed by atoms with Crippen molar-refractivity contribution in [3.05, 3.63) is 71.3 Å². The number of unbranched alkanes of at least 4 members (excludes halogenated alkanes) is 6. The quantitative estimate of drug-likeness (QED) is 0.435. The molecule has 0 heterocycles. The van der Waals surface area contributed by atoms with Crippen LogP contribution in [0.15, 0.2) is 54.6 Å². The summed E-state index contributed by atoms with van der Waals surface area (Å²) >= 11 is 0. The number of hydrogen-bond acceptors (Lipinski definition) is 0. The molecule has 0 atom stereocenters. The van der Waals surface area contributed by atoms with E-state index in [4.69, 9.17) is 0 Å². The Morgan fingerprint density at radius 2 is 1.09 bits per heavy atom. The smallest absolute Gasteiger partial charge is 0.00258 e. The first kappa shape index (κ1) is 16.8. The van der Waals surface area contributed by atoms with Crippen molar-refractivity contribution in [1.82, 2.24) is 0 Å². The predicted octanol–water partition coefficient (Wildman–Crippen LogP) is 6.57. The van der Waals surface area contributed by atoms with Gasteiger partial charge in [0.15, 0.2) is 0 Å². The fraction of sp³-hybridized carbons (Fsp3) is 0.455. The molecule has 0 aromatic heterocycles. The van der Waals surface area contributed by atoms with Crippen molar-refractivity contribution in [2.24, 2.45) is 0 Å². The molecule has 0 nitrogen and oxygen atoms in total. The summed E-state index contributed by atoms with van der Waals surface area (Å²) in [6, 6.07) is 19.9. The standard InChI is InChI=1S/C22H30/c1-2-3-4-5-6-7-9-12-20-15-17-22(18-16-20)19-21-13-10-8-11-14-21/h8,10-11,13-18H,2-7,9,12,19H2,1H3. The van der Waals surface area contributed by atoms with Crippen LogP contribution in [0.1, 0.15) is 68.6 Å². The van der Waals surface area contributed by atoms with Crippen LogP contribution in [0.5, 0.6) is 0 Å². The highest BCUT2D eigenvalue weighted by molar-refractivity contribution is 5.28. The first-order valence-corrected chi connectivity index (χ1v) is 9.00. The average molecular weight is 294 g/mol. The fourth-order valence-corrected chi connectivity index (χ4v) is 2.94. The lowest BCUT2D eigenvalue weighted by Crippen LogP contribution is -1.90. The summed E-state index contributed by atoms with van der Waals surface area (Å²) in [5.74, 6) is 0. The van der Waals surface area contributed by atoms with Gasteiger partial charge in [0.1, 0.15) is 0 Å². The monoisotopic (exact) mass is 294 g/mol. The van der Waals surface area contributed by atoms with Gasteiger partial charge in [0, 0.05) is 0 Å². The van der Waals surface area contributed by atoms with E-state index in [1.807, 2.05) is 0 Å². The number of benzene rings is 2. The van der Waals surface area contributed by atoms with Crippen molar-refractivity contribution in [2.45, 2.75) is 64.7 Å². The SMILES string of the molecule is CCCCCCCCCc1ccc(Cc2ccccc2)cc1. The van der Waals surface area contributed by atoms with E-state index < -0.39 is 0 Å². The van der Waals surface area contributed by atoms with E-state index in [9.17, 15) is 0 Å². The molecule has 0 fully saturated rings. The van der Waals surface area contributed by atoms with Crippen LogP contribution in [0.4, 0.5) is 0 Å². The van der Waals surface area contributed by atoms with Crippen LogP contribution in [0.3, 0.4) is 0 Å². The number of rotatable bonds is 10. The molecule has 2 aromatic carbocycles. The predicted molar refractivity (Wildman–Crippen MR) is 97.4 cm³/mol. The summed E-state index contributed by atoms with van der Waals surface area (Å²) in [5.41, 5.74) is 4.29. The third-order valence-electron chi connectivity index (χ3n) is 4.34. The Bertz CT molecular complexity index is 495. The molecule has 2 aromatic rings. The Balaban J connectivity index is 1.66. The van der Waals surface area contributed by atoms with Crippen LogP contribution >= 0.6 is 0 Å². The third-order valence-corrected chi connectivity index (χ3v) is 4.34. The van der Waals surface area contributed by atoms with Gasteiger partial charge in [-0.2, -0.15) is 0 Å². The zero-order valence-corrected chi connectivity index (χ0v) is 14.1. The molecule has 0 N–H and O–H groups in total. The van der Waals surface area contributed by atoms with Crippen LogP contribution in [0, 0.1) is 0 Å². The van der Waals surface area contributed by atoms with E-state index in [2.05, 4.69) is 61.5 Å². The van der Waals surface area contributed by atoms with E-state index >= 15 is 0 Å². The lowest BCUT2D eigenvalue weighted by Gasteiger charge is -2.05. The maximum Gasteiger partial charge on any atom is -0.00258 e. The molecule has 2 rings (SSSR count).